The first-order valence-corrected chi connectivity index (χ1v) is 8.60. The zero-order valence-corrected chi connectivity index (χ0v) is 15.1. The summed E-state index contributed by atoms with van der Waals surface area (Å²) in [5.74, 6) is 0. The maximum Gasteiger partial charge on any atom is 0.0892 e. The lowest BCUT2D eigenvalue weighted by molar-refractivity contribution is 0.320. The second kappa shape index (κ2) is 9.32. The smallest absolute Gasteiger partial charge is 0.0892 e. The van der Waals surface area contributed by atoms with Gasteiger partial charge in [0.05, 0.1) is 18.3 Å². The van der Waals surface area contributed by atoms with Crippen molar-refractivity contribution in [3.05, 3.63) is 34.9 Å². The predicted molar refractivity (Wildman–Crippen MR) is 95.0 cm³/mol. The summed E-state index contributed by atoms with van der Waals surface area (Å²) in [5, 5.41) is 8.82. The Hall–Kier alpha value is -0.860. The molecule has 0 aliphatic carbocycles. The lowest BCUT2D eigenvalue weighted by Crippen LogP contribution is -2.02. The van der Waals surface area contributed by atoms with Gasteiger partial charge in [-0.2, -0.15) is 0 Å². The van der Waals surface area contributed by atoms with Crippen LogP contribution in [0.15, 0.2) is 34.9 Å². The van der Waals surface area contributed by atoms with Gasteiger partial charge in [0.2, 0.25) is 0 Å². The highest BCUT2D eigenvalue weighted by atomic mass is 16.6. The van der Waals surface area contributed by atoms with Gasteiger partial charge in [-0.15, -0.1) is 0 Å². The van der Waals surface area contributed by atoms with E-state index < -0.39 is 0 Å². The number of hydrogen-bond acceptors (Lipinski definition) is 2. The number of allylic oxidation sites excluding steroid dienone is 5. The van der Waals surface area contributed by atoms with E-state index in [2.05, 4.69) is 46.8 Å². The first-order valence-electron chi connectivity index (χ1n) is 8.60. The molecule has 1 atom stereocenters. The summed E-state index contributed by atoms with van der Waals surface area (Å²) in [7, 11) is 0. The van der Waals surface area contributed by atoms with Gasteiger partial charge in [-0.3, -0.25) is 0 Å². The van der Waals surface area contributed by atoms with Crippen LogP contribution in [0.1, 0.15) is 73.1 Å². The molecule has 1 aliphatic rings. The molecular formula is C20H34O2. The van der Waals surface area contributed by atoms with E-state index in [4.69, 9.17) is 9.84 Å². The Morgan fingerprint density at radius 3 is 1.82 bits per heavy atom. The molecule has 0 bridgehead atoms. The quantitative estimate of drug-likeness (QED) is 0.437. The minimum atomic E-state index is 0.127. The first-order chi connectivity index (χ1) is 10.3. The standard InChI is InChI=1S/C20H34O2/c1-16(9-7-11-18(3)14-15-21)8-6-10-17(2)12-13-19-20(4,5)22-19/h9-10,14,19,21H,6-8,11-13,15H2,1-5H3/b16-9-,17-10+,18-14-/t19-/m1/s1. The normalized spacial score (nSPS) is 22.1. The lowest BCUT2D eigenvalue weighted by atomic mass is 10.0. The molecule has 0 radical (unpaired) electrons. The number of aliphatic hydroxyl groups excluding tert-OH is 1. The summed E-state index contributed by atoms with van der Waals surface area (Å²) in [4.78, 5) is 0. The molecule has 1 N–H and O–H groups in total. The Labute approximate surface area is 137 Å². The Balaban J connectivity index is 2.16. The van der Waals surface area contributed by atoms with Gasteiger partial charge in [0.25, 0.3) is 0 Å². The number of hydrogen-bond donors (Lipinski definition) is 1. The predicted octanol–water partition coefficient (Wildman–Crippen LogP) is 5.34. The van der Waals surface area contributed by atoms with Crippen molar-refractivity contribution >= 4 is 0 Å². The van der Waals surface area contributed by atoms with Crippen molar-refractivity contribution in [3.8, 4) is 0 Å². The van der Waals surface area contributed by atoms with Crippen LogP contribution in [0.4, 0.5) is 0 Å². The minimum Gasteiger partial charge on any atom is -0.392 e. The maximum absolute atomic E-state index is 8.82. The number of epoxide rings is 1. The van der Waals surface area contributed by atoms with E-state index in [-0.39, 0.29) is 12.2 Å². The van der Waals surface area contributed by atoms with Crippen LogP contribution in [0.2, 0.25) is 0 Å². The largest absolute Gasteiger partial charge is 0.392 e. The molecule has 1 saturated heterocycles. The van der Waals surface area contributed by atoms with Gasteiger partial charge in [0.1, 0.15) is 0 Å². The number of rotatable bonds is 10. The molecule has 22 heavy (non-hydrogen) atoms. The number of ether oxygens (including phenoxy) is 1. The average Bonchev–Trinajstić information content (AvgIpc) is 3.04. The zero-order valence-electron chi connectivity index (χ0n) is 15.1. The highest BCUT2D eigenvalue weighted by molar-refractivity contribution is 5.07. The van der Waals surface area contributed by atoms with Crippen molar-refractivity contribution in [3.63, 3.8) is 0 Å². The van der Waals surface area contributed by atoms with Crippen LogP contribution in [-0.2, 0) is 4.74 Å². The fourth-order valence-electron chi connectivity index (χ4n) is 2.65. The Morgan fingerprint density at radius 1 is 0.909 bits per heavy atom. The molecule has 0 saturated carbocycles. The summed E-state index contributed by atoms with van der Waals surface area (Å²) in [6, 6.07) is 0. The molecule has 1 aliphatic heterocycles. The van der Waals surface area contributed by atoms with Crippen molar-refractivity contribution in [2.45, 2.75) is 84.8 Å². The van der Waals surface area contributed by atoms with E-state index in [0.29, 0.717) is 6.10 Å². The molecule has 0 aromatic carbocycles. The van der Waals surface area contributed by atoms with Crippen molar-refractivity contribution < 1.29 is 9.84 Å². The summed E-state index contributed by atoms with van der Waals surface area (Å²) in [6.07, 6.45) is 13.8. The summed E-state index contributed by atoms with van der Waals surface area (Å²) in [5.41, 5.74) is 4.35. The molecule has 2 heteroatoms. The van der Waals surface area contributed by atoms with Gasteiger partial charge in [-0.05, 0) is 73.1 Å². The van der Waals surface area contributed by atoms with Gasteiger partial charge in [-0.25, -0.2) is 0 Å². The van der Waals surface area contributed by atoms with E-state index in [1.807, 2.05) is 6.08 Å². The molecule has 0 spiro atoms. The van der Waals surface area contributed by atoms with Crippen LogP contribution in [0.3, 0.4) is 0 Å². The van der Waals surface area contributed by atoms with Crippen LogP contribution in [0.25, 0.3) is 0 Å². The molecule has 1 rings (SSSR count). The fraction of sp³-hybridized carbons (Fsp3) is 0.700. The maximum atomic E-state index is 8.82. The molecule has 126 valence electrons. The highest BCUT2D eigenvalue weighted by Gasteiger charge is 2.46. The third-order valence-corrected chi connectivity index (χ3v) is 4.47. The van der Waals surface area contributed by atoms with E-state index in [0.717, 1.165) is 38.5 Å². The average molecular weight is 306 g/mol. The van der Waals surface area contributed by atoms with E-state index in [1.165, 1.54) is 16.7 Å². The van der Waals surface area contributed by atoms with Crippen molar-refractivity contribution in [2.75, 3.05) is 6.61 Å². The van der Waals surface area contributed by atoms with Crippen LogP contribution >= 0.6 is 0 Å². The Bertz CT molecular complexity index is 427. The molecule has 0 amide bonds. The Morgan fingerprint density at radius 2 is 1.36 bits per heavy atom. The summed E-state index contributed by atoms with van der Waals surface area (Å²) in [6.45, 7) is 11.0. The molecule has 1 fully saturated rings. The molecule has 0 unspecified atom stereocenters. The van der Waals surface area contributed by atoms with Gasteiger partial charge in [0, 0.05) is 0 Å². The Kier molecular flexibility index (Phi) is 8.13. The zero-order chi connectivity index (χ0) is 16.6. The van der Waals surface area contributed by atoms with Crippen LogP contribution in [0, 0.1) is 0 Å². The molecular weight excluding hydrogens is 272 g/mol. The second-order valence-corrected chi connectivity index (χ2v) is 7.16. The van der Waals surface area contributed by atoms with Gasteiger partial charge < -0.3 is 9.84 Å². The summed E-state index contributed by atoms with van der Waals surface area (Å²) >= 11 is 0. The number of aliphatic hydroxyl groups is 1. The topological polar surface area (TPSA) is 32.8 Å². The van der Waals surface area contributed by atoms with E-state index in [1.54, 1.807) is 0 Å². The van der Waals surface area contributed by atoms with E-state index >= 15 is 0 Å². The van der Waals surface area contributed by atoms with Crippen molar-refractivity contribution in [1.29, 1.82) is 0 Å². The third-order valence-electron chi connectivity index (χ3n) is 4.47. The molecule has 0 aromatic rings. The van der Waals surface area contributed by atoms with Gasteiger partial charge in [0.15, 0.2) is 0 Å². The fourth-order valence-corrected chi connectivity index (χ4v) is 2.65. The lowest BCUT2D eigenvalue weighted by Gasteiger charge is -2.03. The summed E-state index contributed by atoms with van der Waals surface area (Å²) < 4.78 is 5.62. The second-order valence-electron chi connectivity index (χ2n) is 7.16. The van der Waals surface area contributed by atoms with E-state index in [9.17, 15) is 0 Å². The SMILES string of the molecule is C/C(=C/CO)CC/C=C(/C)CC/C=C(\C)CC[C@H]1OC1(C)C. The minimum absolute atomic E-state index is 0.127. The van der Waals surface area contributed by atoms with Crippen molar-refractivity contribution in [2.24, 2.45) is 0 Å². The van der Waals surface area contributed by atoms with Crippen LogP contribution in [-0.4, -0.2) is 23.4 Å². The first kappa shape index (κ1) is 19.2. The van der Waals surface area contributed by atoms with Crippen LogP contribution < -0.4 is 0 Å². The monoisotopic (exact) mass is 306 g/mol. The molecule has 2 nitrogen and oxygen atoms in total. The van der Waals surface area contributed by atoms with Gasteiger partial charge in [-0.1, -0.05) is 34.9 Å². The van der Waals surface area contributed by atoms with Gasteiger partial charge >= 0.3 is 0 Å². The van der Waals surface area contributed by atoms with Crippen molar-refractivity contribution in [1.82, 2.24) is 0 Å². The van der Waals surface area contributed by atoms with Crippen LogP contribution in [0.5, 0.6) is 0 Å². The third kappa shape index (κ3) is 7.95. The highest BCUT2D eigenvalue weighted by Crippen LogP contribution is 2.38. The molecule has 0 aromatic heterocycles. The molecule has 1 heterocycles.